The third-order valence-electron chi connectivity index (χ3n) is 1.43. The Morgan fingerprint density at radius 2 is 2.31 bits per heavy atom. The summed E-state index contributed by atoms with van der Waals surface area (Å²) < 4.78 is 17.7. The largest absolute Gasteiger partial charge is 0.462 e. The van der Waals surface area contributed by atoms with Crippen LogP contribution >= 0.6 is 11.6 Å². The van der Waals surface area contributed by atoms with Crippen LogP contribution in [-0.2, 0) is 4.74 Å². The molecule has 0 unspecified atom stereocenters. The predicted molar refractivity (Wildman–Crippen MR) is 47.4 cm³/mol. The van der Waals surface area contributed by atoms with Gasteiger partial charge in [0.1, 0.15) is 5.82 Å². The molecule has 0 aromatic heterocycles. The van der Waals surface area contributed by atoms with Crippen molar-refractivity contribution in [3.63, 3.8) is 0 Å². The van der Waals surface area contributed by atoms with Crippen molar-refractivity contribution in [1.82, 2.24) is 0 Å². The van der Waals surface area contributed by atoms with Crippen molar-refractivity contribution >= 4 is 17.6 Å². The van der Waals surface area contributed by atoms with Gasteiger partial charge in [-0.05, 0) is 25.1 Å². The Morgan fingerprint density at radius 1 is 1.62 bits per heavy atom. The highest BCUT2D eigenvalue weighted by Gasteiger charge is 2.12. The molecule has 0 saturated heterocycles. The number of hydrogen-bond acceptors (Lipinski definition) is 2. The first-order chi connectivity index (χ1) is 6.15. The first-order valence-corrected chi connectivity index (χ1v) is 4.15. The predicted octanol–water partition coefficient (Wildman–Crippen LogP) is 2.66. The van der Waals surface area contributed by atoms with E-state index in [-0.39, 0.29) is 17.2 Å². The summed E-state index contributed by atoms with van der Waals surface area (Å²) in [6, 6.07) is 3.82. The molecule has 1 aromatic carbocycles. The molecule has 0 aliphatic heterocycles. The number of carbonyl (C=O) groups excluding carboxylic acids is 1. The molecule has 0 spiro atoms. The molecule has 0 radical (unpaired) electrons. The third-order valence-corrected chi connectivity index (χ3v) is 1.66. The number of esters is 1. The minimum atomic E-state index is -0.670. The van der Waals surface area contributed by atoms with E-state index in [0.717, 1.165) is 6.07 Å². The van der Waals surface area contributed by atoms with Gasteiger partial charge in [-0.15, -0.1) is 0 Å². The maximum absolute atomic E-state index is 13.0. The van der Waals surface area contributed by atoms with Gasteiger partial charge in [-0.1, -0.05) is 11.6 Å². The van der Waals surface area contributed by atoms with Crippen molar-refractivity contribution < 1.29 is 13.9 Å². The Kier molecular flexibility index (Phi) is 3.25. The quantitative estimate of drug-likeness (QED) is 0.690. The van der Waals surface area contributed by atoms with Crippen molar-refractivity contribution in [2.75, 3.05) is 6.61 Å². The molecule has 0 saturated carbocycles. The summed E-state index contributed by atoms with van der Waals surface area (Å²) in [5.74, 6) is -1.33. The lowest BCUT2D eigenvalue weighted by Crippen LogP contribution is -2.06. The minimum absolute atomic E-state index is 0.0914. The van der Waals surface area contributed by atoms with Crippen LogP contribution in [0.3, 0.4) is 0 Å². The van der Waals surface area contributed by atoms with Gasteiger partial charge in [-0.2, -0.15) is 0 Å². The molecule has 1 aromatic rings. The van der Waals surface area contributed by atoms with E-state index in [1.807, 2.05) is 0 Å². The van der Waals surface area contributed by atoms with E-state index < -0.39 is 11.8 Å². The molecule has 0 aliphatic carbocycles. The van der Waals surface area contributed by atoms with Crippen LogP contribution in [0.1, 0.15) is 17.3 Å². The Labute approximate surface area is 80.3 Å². The molecule has 0 amide bonds. The average Bonchev–Trinajstić information content (AvgIpc) is 2.04. The van der Waals surface area contributed by atoms with E-state index in [1.54, 1.807) is 6.92 Å². The fourth-order valence-corrected chi connectivity index (χ4v) is 1.02. The number of hydrogen-bond donors (Lipinski definition) is 0. The van der Waals surface area contributed by atoms with Crippen LogP contribution in [0.25, 0.3) is 0 Å². The van der Waals surface area contributed by atoms with Gasteiger partial charge in [0.25, 0.3) is 0 Å². The standard InChI is InChI=1S/C9H8ClFO2/c1-2-13-9(12)7-4-3-6(10)5-8(7)11/h3-5H,2H2,1H3. The van der Waals surface area contributed by atoms with Gasteiger partial charge in [-0.3, -0.25) is 0 Å². The molecular formula is C9H8ClFO2. The molecule has 0 atom stereocenters. The van der Waals surface area contributed by atoms with Gasteiger partial charge in [0.05, 0.1) is 12.2 Å². The van der Waals surface area contributed by atoms with Crippen LogP contribution in [0.4, 0.5) is 4.39 Å². The summed E-state index contributed by atoms with van der Waals surface area (Å²) in [7, 11) is 0. The zero-order chi connectivity index (χ0) is 9.84. The maximum atomic E-state index is 13.0. The number of ether oxygens (including phenoxy) is 1. The van der Waals surface area contributed by atoms with Gasteiger partial charge in [-0.25, -0.2) is 9.18 Å². The van der Waals surface area contributed by atoms with E-state index >= 15 is 0 Å². The number of carbonyl (C=O) groups is 1. The number of benzene rings is 1. The average molecular weight is 203 g/mol. The van der Waals surface area contributed by atoms with E-state index in [0.29, 0.717) is 0 Å². The Morgan fingerprint density at radius 3 is 2.85 bits per heavy atom. The van der Waals surface area contributed by atoms with Gasteiger partial charge in [0.15, 0.2) is 0 Å². The van der Waals surface area contributed by atoms with Crippen molar-refractivity contribution in [3.05, 3.63) is 34.6 Å². The highest BCUT2D eigenvalue weighted by Crippen LogP contribution is 2.15. The van der Waals surface area contributed by atoms with Crippen LogP contribution in [0, 0.1) is 5.82 Å². The second-order valence-corrected chi connectivity index (χ2v) is 2.78. The van der Waals surface area contributed by atoms with Crippen LogP contribution in [0.2, 0.25) is 5.02 Å². The van der Waals surface area contributed by atoms with Gasteiger partial charge < -0.3 is 4.74 Å². The fraction of sp³-hybridized carbons (Fsp3) is 0.222. The molecule has 0 fully saturated rings. The lowest BCUT2D eigenvalue weighted by atomic mass is 10.2. The second-order valence-electron chi connectivity index (χ2n) is 2.34. The smallest absolute Gasteiger partial charge is 0.341 e. The molecule has 0 bridgehead atoms. The van der Waals surface area contributed by atoms with Crippen molar-refractivity contribution in [2.24, 2.45) is 0 Å². The first-order valence-electron chi connectivity index (χ1n) is 3.77. The summed E-state index contributed by atoms with van der Waals surface area (Å²) in [6.45, 7) is 1.88. The molecule has 0 heterocycles. The molecular weight excluding hydrogens is 195 g/mol. The number of halogens is 2. The molecule has 1 rings (SSSR count). The lowest BCUT2D eigenvalue weighted by molar-refractivity contribution is 0.0521. The summed E-state index contributed by atoms with van der Waals surface area (Å²) in [5, 5.41) is 0.255. The second kappa shape index (κ2) is 4.23. The van der Waals surface area contributed by atoms with Crippen molar-refractivity contribution in [1.29, 1.82) is 0 Å². The molecule has 2 nitrogen and oxygen atoms in total. The summed E-state index contributed by atoms with van der Waals surface area (Å²) >= 11 is 5.51. The fourth-order valence-electron chi connectivity index (χ4n) is 0.864. The zero-order valence-electron chi connectivity index (χ0n) is 7.01. The SMILES string of the molecule is CCOC(=O)c1ccc(Cl)cc1F. The van der Waals surface area contributed by atoms with Gasteiger partial charge in [0.2, 0.25) is 0 Å². The highest BCUT2D eigenvalue weighted by atomic mass is 35.5. The van der Waals surface area contributed by atoms with E-state index in [2.05, 4.69) is 4.74 Å². The molecule has 0 aliphatic rings. The topological polar surface area (TPSA) is 26.3 Å². The lowest BCUT2D eigenvalue weighted by Gasteiger charge is -2.02. The Hall–Kier alpha value is -1.09. The molecule has 4 heteroatoms. The van der Waals surface area contributed by atoms with E-state index in [9.17, 15) is 9.18 Å². The van der Waals surface area contributed by atoms with Gasteiger partial charge >= 0.3 is 5.97 Å². The van der Waals surface area contributed by atoms with Crippen LogP contribution in [0.5, 0.6) is 0 Å². The zero-order valence-corrected chi connectivity index (χ0v) is 7.77. The third kappa shape index (κ3) is 2.42. The van der Waals surface area contributed by atoms with Crippen LogP contribution in [-0.4, -0.2) is 12.6 Å². The number of rotatable bonds is 2. The normalized spacial score (nSPS) is 9.77. The van der Waals surface area contributed by atoms with Crippen LogP contribution < -0.4 is 0 Å². The summed E-state index contributed by atoms with van der Waals surface area (Å²) in [4.78, 5) is 11.1. The summed E-state index contributed by atoms with van der Waals surface area (Å²) in [6.07, 6.45) is 0. The molecule has 13 heavy (non-hydrogen) atoms. The molecule has 0 N–H and O–H groups in total. The molecule has 70 valence electrons. The van der Waals surface area contributed by atoms with Crippen LogP contribution in [0.15, 0.2) is 18.2 Å². The van der Waals surface area contributed by atoms with Crippen molar-refractivity contribution in [3.8, 4) is 0 Å². The van der Waals surface area contributed by atoms with E-state index in [4.69, 9.17) is 11.6 Å². The van der Waals surface area contributed by atoms with Gasteiger partial charge in [0, 0.05) is 5.02 Å². The first kappa shape index (κ1) is 9.99. The summed E-state index contributed by atoms with van der Waals surface area (Å²) in [5.41, 5.74) is -0.0914. The Balaban J connectivity index is 2.95. The maximum Gasteiger partial charge on any atom is 0.341 e. The van der Waals surface area contributed by atoms with Crippen molar-refractivity contribution in [2.45, 2.75) is 6.92 Å². The van der Waals surface area contributed by atoms with E-state index in [1.165, 1.54) is 12.1 Å². The highest BCUT2D eigenvalue weighted by molar-refractivity contribution is 6.30. The minimum Gasteiger partial charge on any atom is -0.462 e. The Bertz CT molecular complexity index is 325. The monoisotopic (exact) mass is 202 g/mol.